The quantitative estimate of drug-likeness (QED) is 0.693. The molecule has 1 N–H and O–H groups in total. The van der Waals surface area contributed by atoms with Crippen molar-refractivity contribution in [2.24, 2.45) is 5.10 Å². The molecule has 3 rings (SSSR count). The fraction of sp³-hybridized carbons (Fsp3) is 0.333. The molecule has 2 aromatic carbocycles. The van der Waals surface area contributed by atoms with Crippen LogP contribution in [0.1, 0.15) is 36.8 Å². The molecule has 1 aliphatic carbocycles. The third-order valence-corrected chi connectivity index (χ3v) is 7.05. The molecule has 1 aliphatic rings. The second-order valence-electron chi connectivity index (χ2n) is 7.18. The van der Waals surface area contributed by atoms with Crippen molar-refractivity contribution in [3.05, 3.63) is 58.6 Å². The van der Waals surface area contributed by atoms with Gasteiger partial charge in [0.1, 0.15) is 6.54 Å². The van der Waals surface area contributed by atoms with Crippen LogP contribution in [-0.4, -0.2) is 26.6 Å². The molecule has 0 saturated heterocycles. The van der Waals surface area contributed by atoms with Gasteiger partial charge in [-0.2, -0.15) is 5.10 Å². The van der Waals surface area contributed by atoms with Crippen LogP contribution in [-0.2, 0) is 14.8 Å². The lowest BCUT2D eigenvalue weighted by molar-refractivity contribution is -0.119. The number of hydrogen-bond acceptors (Lipinski definition) is 4. The van der Waals surface area contributed by atoms with Crippen LogP contribution >= 0.6 is 11.6 Å². The molecule has 29 heavy (non-hydrogen) atoms. The Hall–Kier alpha value is -2.38. The number of sulfonamides is 1. The highest BCUT2D eigenvalue weighted by Crippen LogP contribution is 2.28. The van der Waals surface area contributed by atoms with E-state index in [0.717, 1.165) is 46.8 Å². The van der Waals surface area contributed by atoms with Crippen LogP contribution in [0.2, 0.25) is 5.02 Å². The zero-order chi connectivity index (χ0) is 21.0. The Morgan fingerprint density at radius 3 is 2.38 bits per heavy atom. The summed E-state index contributed by atoms with van der Waals surface area (Å²) < 4.78 is 27.7. The molecule has 0 atom stereocenters. The van der Waals surface area contributed by atoms with Crippen LogP contribution in [0, 0.1) is 13.8 Å². The molecular weight excluding hydrogens is 410 g/mol. The molecule has 0 heterocycles. The first-order valence-corrected chi connectivity index (χ1v) is 11.3. The minimum Gasteiger partial charge on any atom is -0.271 e. The minimum absolute atomic E-state index is 0.106. The van der Waals surface area contributed by atoms with Crippen molar-refractivity contribution in [3.63, 3.8) is 0 Å². The van der Waals surface area contributed by atoms with Gasteiger partial charge in [-0.1, -0.05) is 35.4 Å². The SMILES string of the molecule is Cc1ccc(S(=O)(=O)N(CC(=O)NN=C2CCCC2)c2ccc(C)c(Cl)c2)cc1. The number of aryl methyl sites for hydroxylation is 2. The van der Waals surface area contributed by atoms with Gasteiger partial charge in [-0.15, -0.1) is 0 Å². The Morgan fingerprint density at radius 1 is 1.10 bits per heavy atom. The van der Waals surface area contributed by atoms with Gasteiger partial charge in [0.2, 0.25) is 0 Å². The molecule has 1 amide bonds. The van der Waals surface area contributed by atoms with Gasteiger partial charge in [-0.05, 0) is 69.4 Å². The summed E-state index contributed by atoms with van der Waals surface area (Å²) in [5.74, 6) is -0.503. The van der Waals surface area contributed by atoms with E-state index in [1.54, 1.807) is 30.3 Å². The summed E-state index contributed by atoms with van der Waals surface area (Å²) >= 11 is 6.21. The van der Waals surface area contributed by atoms with Crippen molar-refractivity contribution in [2.45, 2.75) is 44.4 Å². The predicted octanol–water partition coefficient (Wildman–Crippen LogP) is 4.20. The van der Waals surface area contributed by atoms with E-state index < -0.39 is 22.5 Å². The Bertz CT molecular complexity index is 1030. The van der Waals surface area contributed by atoms with Crippen molar-refractivity contribution >= 4 is 38.9 Å². The maximum Gasteiger partial charge on any atom is 0.264 e. The molecule has 8 heteroatoms. The summed E-state index contributed by atoms with van der Waals surface area (Å²) in [7, 11) is -3.97. The van der Waals surface area contributed by atoms with E-state index in [1.807, 2.05) is 13.8 Å². The van der Waals surface area contributed by atoms with Gasteiger partial charge in [0, 0.05) is 10.7 Å². The zero-order valence-corrected chi connectivity index (χ0v) is 18.1. The van der Waals surface area contributed by atoms with E-state index in [4.69, 9.17) is 11.6 Å². The number of carbonyl (C=O) groups excluding carboxylic acids is 1. The molecule has 0 radical (unpaired) electrons. The smallest absolute Gasteiger partial charge is 0.264 e. The van der Waals surface area contributed by atoms with Crippen LogP contribution in [0.4, 0.5) is 5.69 Å². The van der Waals surface area contributed by atoms with Gasteiger partial charge in [-0.3, -0.25) is 9.10 Å². The number of rotatable bonds is 6. The van der Waals surface area contributed by atoms with Crippen molar-refractivity contribution < 1.29 is 13.2 Å². The van der Waals surface area contributed by atoms with Crippen molar-refractivity contribution in [1.82, 2.24) is 5.43 Å². The summed E-state index contributed by atoms with van der Waals surface area (Å²) in [5.41, 5.74) is 5.52. The number of nitrogens with one attached hydrogen (secondary N) is 1. The fourth-order valence-electron chi connectivity index (χ4n) is 3.09. The van der Waals surface area contributed by atoms with Crippen LogP contribution in [0.3, 0.4) is 0 Å². The van der Waals surface area contributed by atoms with Crippen LogP contribution < -0.4 is 9.73 Å². The lowest BCUT2D eigenvalue weighted by Gasteiger charge is -2.24. The number of amides is 1. The molecule has 1 saturated carbocycles. The van der Waals surface area contributed by atoms with Gasteiger partial charge in [0.15, 0.2) is 0 Å². The fourth-order valence-corrected chi connectivity index (χ4v) is 4.68. The first kappa shape index (κ1) is 21.3. The Labute approximate surface area is 176 Å². The summed E-state index contributed by atoms with van der Waals surface area (Å²) in [5, 5.41) is 4.57. The lowest BCUT2D eigenvalue weighted by Crippen LogP contribution is -2.39. The summed E-state index contributed by atoms with van der Waals surface area (Å²) in [6.45, 7) is 3.31. The molecule has 154 valence electrons. The highest BCUT2D eigenvalue weighted by molar-refractivity contribution is 7.92. The van der Waals surface area contributed by atoms with E-state index in [-0.39, 0.29) is 4.90 Å². The van der Waals surface area contributed by atoms with Gasteiger partial charge >= 0.3 is 0 Å². The molecular formula is C21H24ClN3O3S. The second kappa shape index (κ2) is 8.97. The predicted molar refractivity (Wildman–Crippen MR) is 116 cm³/mol. The number of benzene rings is 2. The van der Waals surface area contributed by atoms with Crippen molar-refractivity contribution in [3.8, 4) is 0 Å². The number of nitrogens with zero attached hydrogens (tertiary/aromatic N) is 2. The normalized spacial score (nSPS) is 14.0. The summed E-state index contributed by atoms with van der Waals surface area (Å²) in [4.78, 5) is 12.6. The summed E-state index contributed by atoms with van der Waals surface area (Å²) in [6, 6.07) is 11.4. The largest absolute Gasteiger partial charge is 0.271 e. The molecule has 0 aliphatic heterocycles. The molecule has 6 nitrogen and oxygen atoms in total. The molecule has 0 bridgehead atoms. The van der Waals surface area contributed by atoms with Gasteiger partial charge in [0.05, 0.1) is 10.6 Å². The molecule has 0 spiro atoms. The number of carbonyl (C=O) groups is 1. The maximum absolute atomic E-state index is 13.3. The molecule has 0 unspecified atom stereocenters. The molecule has 1 fully saturated rings. The number of anilines is 1. The van der Waals surface area contributed by atoms with Crippen molar-refractivity contribution in [1.29, 1.82) is 0 Å². The lowest BCUT2D eigenvalue weighted by atomic mass is 10.2. The average molecular weight is 434 g/mol. The average Bonchev–Trinajstić information content (AvgIpc) is 3.21. The second-order valence-corrected chi connectivity index (χ2v) is 9.45. The van der Waals surface area contributed by atoms with E-state index in [0.29, 0.717) is 10.7 Å². The first-order valence-electron chi connectivity index (χ1n) is 9.47. The minimum atomic E-state index is -3.97. The van der Waals surface area contributed by atoms with E-state index in [2.05, 4.69) is 10.5 Å². The first-order chi connectivity index (χ1) is 13.8. The van der Waals surface area contributed by atoms with E-state index in [9.17, 15) is 13.2 Å². The van der Waals surface area contributed by atoms with Crippen LogP contribution in [0.25, 0.3) is 0 Å². The van der Waals surface area contributed by atoms with Gasteiger partial charge in [0.25, 0.3) is 15.9 Å². The number of halogens is 1. The van der Waals surface area contributed by atoms with Crippen LogP contribution in [0.5, 0.6) is 0 Å². The zero-order valence-electron chi connectivity index (χ0n) is 16.5. The van der Waals surface area contributed by atoms with Gasteiger partial charge in [-0.25, -0.2) is 13.8 Å². The van der Waals surface area contributed by atoms with E-state index >= 15 is 0 Å². The maximum atomic E-state index is 13.3. The third kappa shape index (κ3) is 5.16. The van der Waals surface area contributed by atoms with E-state index in [1.165, 1.54) is 12.1 Å². The highest BCUT2D eigenvalue weighted by atomic mass is 35.5. The highest BCUT2D eigenvalue weighted by Gasteiger charge is 2.27. The third-order valence-electron chi connectivity index (χ3n) is 4.86. The Morgan fingerprint density at radius 2 is 1.76 bits per heavy atom. The standard InChI is InChI=1S/C21H24ClN3O3S/c1-15-7-11-19(12-8-15)29(27,28)25(18-10-9-16(2)20(22)13-18)14-21(26)24-23-17-5-3-4-6-17/h7-13H,3-6,14H2,1-2H3,(H,24,26). The Balaban J connectivity index is 1.92. The summed E-state index contributed by atoms with van der Waals surface area (Å²) in [6.07, 6.45) is 3.84. The van der Waals surface area contributed by atoms with Crippen molar-refractivity contribution in [2.75, 3.05) is 10.8 Å². The monoisotopic (exact) mass is 433 g/mol. The van der Waals surface area contributed by atoms with Crippen LogP contribution in [0.15, 0.2) is 52.5 Å². The molecule has 2 aromatic rings. The molecule has 0 aromatic heterocycles. The number of hydrogen-bond donors (Lipinski definition) is 1. The van der Waals surface area contributed by atoms with Gasteiger partial charge < -0.3 is 0 Å². The Kier molecular flexibility index (Phi) is 6.59. The number of hydrazone groups is 1. The topological polar surface area (TPSA) is 78.8 Å².